The van der Waals surface area contributed by atoms with Crippen LogP contribution in [-0.4, -0.2) is 37.2 Å². The fraction of sp³-hybridized carbons (Fsp3) is 0.308. The minimum absolute atomic E-state index is 0. The highest BCUT2D eigenvalue weighted by atomic mass is 35.5. The van der Waals surface area contributed by atoms with Crippen LogP contribution in [0.5, 0.6) is 0 Å². The van der Waals surface area contributed by atoms with Crippen molar-refractivity contribution in [3.05, 3.63) is 42.0 Å². The normalized spacial score (nSPS) is 12.0. The number of halogens is 4. The Hall–Kier alpha value is -1.62. The zero-order valence-electron chi connectivity index (χ0n) is 12.5. The number of hydrogen-bond donors (Lipinski definition) is 2. The van der Waals surface area contributed by atoms with Gasteiger partial charge in [-0.2, -0.15) is 5.10 Å². The van der Waals surface area contributed by atoms with Crippen LogP contribution in [0.25, 0.3) is 5.69 Å². The molecular formula is C13H16ClF3N4O2S. The van der Waals surface area contributed by atoms with Gasteiger partial charge in [0.25, 0.3) is 5.92 Å². The molecule has 0 saturated heterocycles. The number of alkyl halides is 2. The molecule has 0 amide bonds. The standard InChI is InChI=1S/C13H15F3N4O2S.ClH/c1-9-5-18-20(6-9)12-3-2-10(4-11(12)14)23(21,22)19-8-13(15,16)7-17;/h2-6,19H,7-8,17H2,1H3;1H. The molecule has 2 aromatic rings. The van der Waals surface area contributed by atoms with E-state index in [2.05, 4.69) is 5.10 Å². The molecule has 0 fully saturated rings. The van der Waals surface area contributed by atoms with Gasteiger partial charge in [-0.25, -0.2) is 31.0 Å². The van der Waals surface area contributed by atoms with Crippen LogP contribution in [0.15, 0.2) is 35.5 Å². The third-order valence-electron chi connectivity index (χ3n) is 3.01. The molecule has 11 heteroatoms. The Bertz CT molecular complexity index is 811. The van der Waals surface area contributed by atoms with Crippen LogP contribution in [-0.2, 0) is 10.0 Å². The van der Waals surface area contributed by atoms with Gasteiger partial charge in [0.1, 0.15) is 11.5 Å². The minimum Gasteiger partial charge on any atom is -0.325 e. The Morgan fingerprint density at radius 1 is 1.38 bits per heavy atom. The van der Waals surface area contributed by atoms with Crippen molar-refractivity contribution in [2.24, 2.45) is 5.73 Å². The summed E-state index contributed by atoms with van der Waals surface area (Å²) in [7, 11) is -4.28. The van der Waals surface area contributed by atoms with Crippen molar-refractivity contribution in [2.75, 3.05) is 13.1 Å². The van der Waals surface area contributed by atoms with E-state index in [1.165, 1.54) is 16.9 Å². The zero-order valence-corrected chi connectivity index (χ0v) is 14.2. The molecule has 0 aliphatic heterocycles. The van der Waals surface area contributed by atoms with Gasteiger partial charge < -0.3 is 5.73 Å². The second-order valence-corrected chi connectivity index (χ2v) is 6.73. The number of rotatable bonds is 6. The summed E-state index contributed by atoms with van der Waals surface area (Å²) in [6.07, 6.45) is 3.08. The van der Waals surface area contributed by atoms with Gasteiger partial charge in [-0.1, -0.05) is 0 Å². The van der Waals surface area contributed by atoms with Gasteiger partial charge in [0.15, 0.2) is 0 Å². The van der Waals surface area contributed by atoms with E-state index in [4.69, 9.17) is 5.73 Å². The molecule has 6 nitrogen and oxygen atoms in total. The van der Waals surface area contributed by atoms with Gasteiger partial charge in [0.2, 0.25) is 10.0 Å². The first kappa shape index (κ1) is 20.4. The molecule has 2 rings (SSSR count). The van der Waals surface area contributed by atoms with E-state index in [9.17, 15) is 21.6 Å². The van der Waals surface area contributed by atoms with Gasteiger partial charge >= 0.3 is 0 Å². The lowest BCUT2D eigenvalue weighted by atomic mass is 10.3. The molecule has 0 aliphatic carbocycles. The van der Waals surface area contributed by atoms with Gasteiger partial charge in [0, 0.05) is 6.20 Å². The number of nitrogens with zero attached hydrogens (tertiary/aromatic N) is 2. The fourth-order valence-corrected chi connectivity index (χ4v) is 2.81. The topological polar surface area (TPSA) is 90.0 Å². The Kier molecular flexibility index (Phi) is 6.39. The Balaban J connectivity index is 0.00000288. The summed E-state index contributed by atoms with van der Waals surface area (Å²) in [5.41, 5.74) is 5.67. The first-order valence-corrected chi connectivity index (χ1v) is 8.02. The molecule has 1 aromatic carbocycles. The van der Waals surface area contributed by atoms with Crippen molar-refractivity contribution in [1.82, 2.24) is 14.5 Å². The van der Waals surface area contributed by atoms with Crippen molar-refractivity contribution >= 4 is 22.4 Å². The summed E-state index contributed by atoms with van der Waals surface area (Å²) in [6.45, 7) is -0.392. The first-order chi connectivity index (χ1) is 10.6. The number of benzene rings is 1. The highest BCUT2D eigenvalue weighted by Crippen LogP contribution is 2.19. The maximum atomic E-state index is 14.1. The molecule has 3 N–H and O–H groups in total. The number of aromatic nitrogens is 2. The maximum Gasteiger partial charge on any atom is 0.273 e. The molecule has 0 aliphatic rings. The van der Waals surface area contributed by atoms with Gasteiger partial charge in [-0.15, -0.1) is 12.4 Å². The summed E-state index contributed by atoms with van der Waals surface area (Å²) in [5.74, 6) is -4.22. The second-order valence-electron chi connectivity index (χ2n) is 4.96. The fourth-order valence-electron chi connectivity index (χ4n) is 1.74. The summed E-state index contributed by atoms with van der Waals surface area (Å²) in [4.78, 5) is -0.463. The van der Waals surface area contributed by atoms with Gasteiger partial charge in [-0.05, 0) is 30.7 Å². The summed E-state index contributed by atoms with van der Waals surface area (Å²) in [5, 5.41) is 3.92. The monoisotopic (exact) mass is 384 g/mol. The Morgan fingerprint density at radius 2 is 2.04 bits per heavy atom. The first-order valence-electron chi connectivity index (χ1n) is 6.53. The van der Waals surface area contributed by atoms with Crippen molar-refractivity contribution in [1.29, 1.82) is 0 Å². The van der Waals surface area contributed by atoms with E-state index >= 15 is 0 Å². The average molecular weight is 385 g/mol. The molecule has 134 valence electrons. The molecule has 0 bridgehead atoms. The van der Waals surface area contributed by atoms with Gasteiger partial charge in [-0.3, -0.25) is 0 Å². The quantitative estimate of drug-likeness (QED) is 0.791. The lowest BCUT2D eigenvalue weighted by Gasteiger charge is -2.15. The van der Waals surface area contributed by atoms with E-state index in [1.807, 2.05) is 0 Å². The Labute approximate surface area is 143 Å². The van der Waals surface area contributed by atoms with Crippen LogP contribution < -0.4 is 10.5 Å². The average Bonchev–Trinajstić information content (AvgIpc) is 2.91. The van der Waals surface area contributed by atoms with E-state index in [1.54, 1.807) is 17.8 Å². The summed E-state index contributed by atoms with van der Waals surface area (Å²) < 4.78 is 67.0. The van der Waals surface area contributed by atoms with Crippen molar-refractivity contribution in [3.8, 4) is 5.69 Å². The lowest BCUT2D eigenvalue weighted by molar-refractivity contribution is 0.0170. The zero-order chi connectivity index (χ0) is 17.3. The highest BCUT2D eigenvalue weighted by Gasteiger charge is 2.29. The molecule has 24 heavy (non-hydrogen) atoms. The van der Waals surface area contributed by atoms with Crippen molar-refractivity contribution in [3.63, 3.8) is 0 Å². The van der Waals surface area contributed by atoms with E-state index in [-0.39, 0.29) is 18.1 Å². The summed E-state index contributed by atoms with van der Waals surface area (Å²) in [6, 6.07) is 3.06. The largest absolute Gasteiger partial charge is 0.325 e. The molecule has 0 atom stereocenters. The van der Waals surface area contributed by atoms with Crippen molar-refractivity contribution in [2.45, 2.75) is 17.7 Å². The number of nitrogens with one attached hydrogen (secondary N) is 1. The van der Waals surface area contributed by atoms with Gasteiger partial charge in [0.05, 0.1) is 24.2 Å². The third-order valence-corrected chi connectivity index (χ3v) is 4.41. The molecule has 0 saturated carbocycles. The van der Waals surface area contributed by atoms with Crippen LogP contribution in [0.1, 0.15) is 5.56 Å². The highest BCUT2D eigenvalue weighted by molar-refractivity contribution is 7.89. The molecule has 0 radical (unpaired) electrons. The smallest absolute Gasteiger partial charge is 0.273 e. The number of sulfonamides is 1. The number of hydrogen-bond acceptors (Lipinski definition) is 4. The second kappa shape index (κ2) is 7.51. The Morgan fingerprint density at radius 3 is 2.54 bits per heavy atom. The summed E-state index contributed by atoms with van der Waals surface area (Å²) >= 11 is 0. The van der Waals surface area contributed by atoms with Crippen LogP contribution in [0.3, 0.4) is 0 Å². The van der Waals surface area contributed by atoms with E-state index in [0.29, 0.717) is 0 Å². The van der Waals surface area contributed by atoms with E-state index in [0.717, 1.165) is 17.7 Å². The predicted octanol–water partition coefficient (Wildman–Crippen LogP) is 1.61. The number of aryl methyl sites for hydroxylation is 1. The predicted molar refractivity (Wildman–Crippen MR) is 84.7 cm³/mol. The van der Waals surface area contributed by atoms with Crippen LogP contribution in [0, 0.1) is 12.7 Å². The molecule has 0 spiro atoms. The number of nitrogens with two attached hydrogens (primary N) is 1. The van der Waals surface area contributed by atoms with Crippen LogP contribution in [0.4, 0.5) is 13.2 Å². The molecular weight excluding hydrogens is 369 g/mol. The third kappa shape index (κ3) is 4.69. The molecule has 0 unspecified atom stereocenters. The van der Waals surface area contributed by atoms with E-state index < -0.39 is 39.7 Å². The van der Waals surface area contributed by atoms with Crippen LogP contribution >= 0.6 is 12.4 Å². The molecule has 1 aromatic heterocycles. The lowest BCUT2D eigenvalue weighted by Crippen LogP contribution is -2.41. The van der Waals surface area contributed by atoms with Crippen molar-refractivity contribution < 1.29 is 21.6 Å². The minimum atomic E-state index is -4.28. The maximum absolute atomic E-state index is 14.1. The molecule has 1 heterocycles. The van der Waals surface area contributed by atoms with Crippen LogP contribution in [0.2, 0.25) is 0 Å². The SMILES string of the molecule is Cc1cnn(-c2ccc(S(=O)(=O)NCC(F)(F)CN)cc2F)c1.Cl.